The van der Waals surface area contributed by atoms with Crippen molar-refractivity contribution in [3.63, 3.8) is 0 Å². The fraction of sp³-hybridized carbons (Fsp3) is 0.400. The molecule has 8 heteroatoms. The maximum Gasteiger partial charge on any atom is 0.411 e. The number of sulfone groups is 1. The van der Waals surface area contributed by atoms with E-state index in [9.17, 15) is 23.1 Å². The van der Waals surface area contributed by atoms with E-state index in [2.05, 4.69) is 0 Å². The standard InChI is InChI=1S/C20H23NO6S/c1-20(2,3)27-19(24)21-12-14(11-16(21)18(22)23)28(25,26)17-10-6-8-13-7-4-5-9-15(13)17/h4-10,14,16H,11-12H2,1-3H3,(H,22,23). The summed E-state index contributed by atoms with van der Waals surface area (Å²) in [5.74, 6) is -1.25. The zero-order valence-corrected chi connectivity index (χ0v) is 16.8. The first-order chi connectivity index (χ1) is 13.0. The van der Waals surface area contributed by atoms with E-state index < -0.39 is 38.8 Å². The lowest BCUT2D eigenvalue weighted by Gasteiger charge is -2.26. The van der Waals surface area contributed by atoms with Crippen LogP contribution >= 0.6 is 0 Å². The molecule has 7 nitrogen and oxygen atoms in total. The predicted molar refractivity (Wildman–Crippen MR) is 104 cm³/mol. The molecule has 2 aromatic carbocycles. The van der Waals surface area contributed by atoms with Gasteiger partial charge in [0.15, 0.2) is 9.84 Å². The average Bonchev–Trinajstić information content (AvgIpc) is 3.06. The molecule has 28 heavy (non-hydrogen) atoms. The second-order valence-electron chi connectivity index (χ2n) is 7.87. The van der Waals surface area contributed by atoms with Gasteiger partial charge in [-0.15, -0.1) is 0 Å². The number of nitrogens with zero attached hydrogens (tertiary/aromatic N) is 1. The van der Waals surface area contributed by atoms with Crippen LogP contribution in [0, 0.1) is 0 Å². The summed E-state index contributed by atoms with van der Waals surface area (Å²) in [5.41, 5.74) is -0.813. The van der Waals surface area contributed by atoms with Crippen molar-refractivity contribution in [1.29, 1.82) is 0 Å². The Morgan fingerprint density at radius 3 is 2.39 bits per heavy atom. The minimum Gasteiger partial charge on any atom is -0.480 e. The first-order valence-corrected chi connectivity index (χ1v) is 10.5. The molecular weight excluding hydrogens is 382 g/mol. The van der Waals surface area contributed by atoms with Crippen molar-refractivity contribution in [2.75, 3.05) is 6.54 Å². The van der Waals surface area contributed by atoms with E-state index in [-0.39, 0.29) is 17.9 Å². The number of hydrogen-bond donors (Lipinski definition) is 1. The molecule has 150 valence electrons. The van der Waals surface area contributed by atoms with Gasteiger partial charge in [-0.1, -0.05) is 36.4 Å². The lowest BCUT2D eigenvalue weighted by molar-refractivity contribution is -0.142. The summed E-state index contributed by atoms with van der Waals surface area (Å²) >= 11 is 0. The number of ether oxygens (including phenoxy) is 1. The number of carboxylic acid groups (broad SMARTS) is 1. The summed E-state index contributed by atoms with van der Waals surface area (Å²) in [6, 6.07) is 10.9. The zero-order chi connectivity index (χ0) is 20.7. The quantitative estimate of drug-likeness (QED) is 0.842. The summed E-state index contributed by atoms with van der Waals surface area (Å²) in [6.45, 7) is 4.78. The molecule has 1 saturated heterocycles. The van der Waals surface area contributed by atoms with Crippen LogP contribution in [-0.2, 0) is 19.4 Å². The van der Waals surface area contributed by atoms with E-state index in [0.29, 0.717) is 5.39 Å². The SMILES string of the molecule is CC(C)(C)OC(=O)N1CC(S(=O)(=O)c2cccc3ccccc23)CC1C(=O)O. The number of benzene rings is 2. The predicted octanol–water partition coefficient (Wildman–Crippen LogP) is 3.08. The summed E-state index contributed by atoms with van der Waals surface area (Å²) < 4.78 is 31.9. The number of amides is 1. The third kappa shape index (κ3) is 3.82. The van der Waals surface area contributed by atoms with Crippen LogP contribution in [0.2, 0.25) is 0 Å². The molecule has 0 bridgehead atoms. The summed E-state index contributed by atoms with van der Waals surface area (Å²) in [4.78, 5) is 25.2. The van der Waals surface area contributed by atoms with Gasteiger partial charge in [0.25, 0.3) is 0 Å². The minimum absolute atomic E-state index is 0.144. The Hall–Kier alpha value is -2.61. The van der Waals surface area contributed by atoms with Gasteiger partial charge in [0.1, 0.15) is 11.6 Å². The van der Waals surface area contributed by atoms with Crippen LogP contribution in [-0.4, -0.2) is 53.9 Å². The van der Waals surface area contributed by atoms with Gasteiger partial charge in [0.2, 0.25) is 0 Å². The molecule has 1 N–H and O–H groups in total. The van der Waals surface area contributed by atoms with Crippen molar-refractivity contribution < 1.29 is 27.9 Å². The Labute approximate surface area is 163 Å². The Bertz CT molecular complexity index is 1020. The Morgan fingerprint density at radius 2 is 1.75 bits per heavy atom. The van der Waals surface area contributed by atoms with Crippen LogP contribution in [0.25, 0.3) is 10.8 Å². The van der Waals surface area contributed by atoms with E-state index in [0.717, 1.165) is 10.3 Å². The number of hydrogen-bond acceptors (Lipinski definition) is 5. The number of fused-ring (bicyclic) bond motifs is 1. The molecule has 1 fully saturated rings. The van der Waals surface area contributed by atoms with E-state index in [4.69, 9.17) is 4.74 Å². The zero-order valence-electron chi connectivity index (χ0n) is 16.0. The third-order valence-corrected chi connectivity index (χ3v) is 6.86. The smallest absolute Gasteiger partial charge is 0.411 e. The Balaban J connectivity index is 1.97. The van der Waals surface area contributed by atoms with Crippen LogP contribution in [0.1, 0.15) is 27.2 Å². The van der Waals surface area contributed by atoms with Crippen molar-refractivity contribution in [2.24, 2.45) is 0 Å². The van der Waals surface area contributed by atoms with E-state index in [1.165, 1.54) is 6.07 Å². The number of likely N-dealkylation sites (tertiary alicyclic amines) is 1. The maximum absolute atomic E-state index is 13.3. The van der Waals surface area contributed by atoms with Crippen molar-refractivity contribution in [2.45, 2.75) is 49.0 Å². The fourth-order valence-electron chi connectivity index (χ4n) is 3.40. The van der Waals surface area contributed by atoms with Crippen molar-refractivity contribution in [1.82, 2.24) is 4.90 Å². The lowest BCUT2D eigenvalue weighted by Crippen LogP contribution is -2.43. The molecule has 1 heterocycles. The second kappa shape index (κ2) is 7.09. The normalized spacial score (nSPS) is 20.3. The lowest BCUT2D eigenvalue weighted by atomic mass is 10.1. The number of carbonyl (C=O) groups excluding carboxylic acids is 1. The molecule has 2 atom stereocenters. The van der Waals surface area contributed by atoms with E-state index in [1.54, 1.807) is 39.0 Å². The molecule has 0 spiro atoms. The third-order valence-electron chi connectivity index (χ3n) is 4.67. The molecule has 0 aromatic heterocycles. The summed E-state index contributed by atoms with van der Waals surface area (Å²) in [6.07, 6.45) is -1.00. The Kier molecular flexibility index (Phi) is 5.10. The second-order valence-corrected chi connectivity index (χ2v) is 10.1. The van der Waals surface area contributed by atoms with E-state index in [1.807, 2.05) is 18.2 Å². The largest absolute Gasteiger partial charge is 0.480 e. The van der Waals surface area contributed by atoms with Crippen LogP contribution in [0.4, 0.5) is 4.79 Å². The molecule has 3 rings (SSSR count). The van der Waals surface area contributed by atoms with Gasteiger partial charge in [0, 0.05) is 11.9 Å². The summed E-state index contributed by atoms with van der Waals surface area (Å²) in [5, 5.41) is 9.85. The molecule has 2 aromatic rings. The highest BCUT2D eigenvalue weighted by Crippen LogP contribution is 2.32. The fourth-order valence-corrected chi connectivity index (χ4v) is 5.31. The first kappa shape index (κ1) is 20.1. The molecule has 0 radical (unpaired) electrons. The highest BCUT2D eigenvalue weighted by molar-refractivity contribution is 7.92. The molecule has 1 aliphatic heterocycles. The van der Waals surface area contributed by atoms with Crippen LogP contribution in [0.3, 0.4) is 0 Å². The number of carbonyl (C=O) groups is 2. The average molecular weight is 405 g/mol. The summed E-state index contributed by atoms with van der Waals surface area (Å²) in [7, 11) is -3.85. The molecule has 0 aliphatic carbocycles. The number of rotatable bonds is 3. The van der Waals surface area contributed by atoms with Gasteiger partial charge < -0.3 is 9.84 Å². The van der Waals surface area contributed by atoms with E-state index >= 15 is 0 Å². The molecule has 1 amide bonds. The Morgan fingerprint density at radius 1 is 1.11 bits per heavy atom. The molecule has 2 unspecified atom stereocenters. The van der Waals surface area contributed by atoms with Crippen LogP contribution in [0.15, 0.2) is 47.4 Å². The van der Waals surface area contributed by atoms with Crippen molar-refractivity contribution in [3.8, 4) is 0 Å². The highest BCUT2D eigenvalue weighted by Gasteiger charge is 2.47. The molecule has 1 aliphatic rings. The van der Waals surface area contributed by atoms with Gasteiger partial charge in [-0.3, -0.25) is 4.90 Å². The number of aliphatic carboxylic acids is 1. The van der Waals surface area contributed by atoms with Gasteiger partial charge in [0.05, 0.1) is 10.1 Å². The van der Waals surface area contributed by atoms with Gasteiger partial charge >= 0.3 is 12.1 Å². The minimum atomic E-state index is -3.85. The van der Waals surface area contributed by atoms with Crippen LogP contribution < -0.4 is 0 Å². The van der Waals surface area contributed by atoms with Gasteiger partial charge in [-0.2, -0.15) is 0 Å². The van der Waals surface area contributed by atoms with Gasteiger partial charge in [-0.05, 0) is 38.6 Å². The monoisotopic (exact) mass is 405 g/mol. The van der Waals surface area contributed by atoms with Crippen molar-refractivity contribution in [3.05, 3.63) is 42.5 Å². The van der Waals surface area contributed by atoms with Gasteiger partial charge in [-0.25, -0.2) is 18.0 Å². The molecular formula is C20H23NO6S. The topological polar surface area (TPSA) is 101 Å². The van der Waals surface area contributed by atoms with Crippen molar-refractivity contribution >= 4 is 32.7 Å². The first-order valence-electron chi connectivity index (χ1n) is 8.95. The number of carboxylic acids is 1. The molecule has 0 saturated carbocycles. The maximum atomic E-state index is 13.3. The van der Waals surface area contributed by atoms with Crippen LogP contribution in [0.5, 0.6) is 0 Å². The highest BCUT2D eigenvalue weighted by atomic mass is 32.2.